The number of hydrogen-bond acceptors (Lipinski definition) is 2. The van der Waals surface area contributed by atoms with E-state index in [9.17, 15) is 4.79 Å². The Balaban J connectivity index is 2.14. The Morgan fingerprint density at radius 1 is 1.19 bits per heavy atom. The first-order chi connectivity index (χ1) is 10.2. The van der Waals surface area contributed by atoms with Gasteiger partial charge in [0.15, 0.2) is 0 Å². The maximum absolute atomic E-state index is 12.0. The standard InChI is InChI=1S/C18H19NO2/c1-13(20)19-11-10-14-8-9-16(21-2)12-17(14)18(19)15-6-4-3-5-7-15/h3-9,12,18H,10-11H2,1-2H3. The lowest BCUT2D eigenvalue weighted by Crippen LogP contribution is -2.39. The quantitative estimate of drug-likeness (QED) is 0.846. The molecule has 3 heteroatoms. The summed E-state index contributed by atoms with van der Waals surface area (Å²) in [5.74, 6) is 0.942. The Hall–Kier alpha value is -2.29. The number of hydrogen-bond donors (Lipinski definition) is 0. The SMILES string of the molecule is COc1ccc2c(c1)C(c1ccccc1)N(C(C)=O)CC2. The molecule has 0 aliphatic carbocycles. The highest BCUT2D eigenvalue weighted by atomic mass is 16.5. The topological polar surface area (TPSA) is 29.5 Å². The summed E-state index contributed by atoms with van der Waals surface area (Å²) in [4.78, 5) is 14.0. The number of ether oxygens (including phenoxy) is 1. The van der Waals surface area contributed by atoms with Crippen molar-refractivity contribution in [2.75, 3.05) is 13.7 Å². The maximum Gasteiger partial charge on any atom is 0.220 e. The minimum Gasteiger partial charge on any atom is -0.497 e. The maximum atomic E-state index is 12.0. The van der Waals surface area contributed by atoms with Crippen LogP contribution in [0.4, 0.5) is 0 Å². The number of carbonyl (C=O) groups excluding carboxylic acids is 1. The molecule has 108 valence electrons. The van der Waals surface area contributed by atoms with Crippen molar-refractivity contribution in [3.05, 3.63) is 65.2 Å². The molecule has 0 saturated heterocycles. The number of amides is 1. The van der Waals surface area contributed by atoms with Crippen molar-refractivity contribution < 1.29 is 9.53 Å². The van der Waals surface area contributed by atoms with Crippen molar-refractivity contribution in [1.82, 2.24) is 4.90 Å². The van der Waals surface area contributed by atoms with Crippen molar-refractivity contribution in [2.45, 2.75) is 19.4 Å². The fourth-order valence-corrected chi connectivity index (χ4v) is 3.05. The number of methoxy groups -OCH3 is 1. The van der Waals surface area contributed by atoms with Crippen LogP contribution in [0, 0.1) is 0 Å². The first-order valence-corrected chi connectivity index (χ1v) is 7.19. The van der Waals surface area contributed by atoms with Crippen molar-refractivity contribution in [3.63, 3.8) is 0 Å². The first kappa shape index (κ1) is 13.7. The van der Waals surface area contributed by atoms with E-state index in [0.29, 0.717) is 0 Å². The smallest absolute Gasteiger partial charge is 0.220 e. The van der Waals surface area contributed by atoms with Crippen LogP contribution in [-0.2, 0) is 11.2 Å². The van der Waals surface area contributed by atoms with Crippen LogP contribution in [0.1, 0.15) is 29.7 Å². The highest BCUT2D eigenvalue weighted by Gasteiger charge is 2.30. The first-order valence-electron chi connectivity index (χ1n) is 7.19. The summed E-state index contributed by atoms with van der Waals surface area (Å²) in [6.45, 7) is 2.40. The molecule has 1 aliphatic rings. The minimum atomic E-state index is -0.0254. The lowest BCUT2D eigenvalue weighted by molar-refractivity contribution is -0.130. The van der Waals surface area contributed by atoms with E-state index in [1.165, 1.54) is 11.1 Å². The van der Waals surface area contributed by atoms with Crippen LogP contribution in [0.3, 0.4) is 0 Å². The summed E-state index contributed by atoms with van der Waals surface area (Å²) in [5, 5.41) is 0. The summed E-state index contributed by atoms with van der Waals surface area (Å²) in [5.41, 5.74) is 3.60. The molecule has 21 heavy (non-hydrogen) atoms. The van der Waals surface area contributed by atoms with Crippen molar-refractivity contribution in [3.8, 4) is 5.75 Å². The summed E-state index contributed by atoms with van der Waals surface area (Å²) in [6.07, 6.45) is 0.891. The van der Waals surface area contributed by atoms with Gasteiger partial charge in [0.25, 0.3) is 0 Å². The highest BCUT2D eigenvalue weighted by Crippen LogP contribution is 2.36. The predicted octanol–water partition coefficient (Wildman–Crippen LogP) is 3.19. The second-order valence-electron chi connectivity index (χ2n) is 5.34. The fraction of sp³-hybridized carbons (Fsp3) is 0.278. The van der Waals surface area contributed by atoms with E-state index in [1.54, 1.807) is 14.0 Å². The molecule has 0 saturated carbocycles. The van der Waals surface area contributed by atoms with Crippen molar-refractivity contribution >= 4 is 5.91 Å². The molecule has 1 unspecified atom stereocenters. The van der Waals surface area contributed by atoms with E-state index in [2.05, 4.69) is 24.3 Å². The third-order valence-corrected chi connectivity index (χ3v) is 4.10. The van der Waals surface area contributed by atoms with Crippen LogP contribution >= 0.6 is 0 Å². The summed E-state index contributed by atoms with van der Waals surface area (Å²) < 4.78 is 5.36. The molecule has 0 spiro atoms. The lowest BCUT2D eigenvalue weighted by Gasteiger charge is -2.37. The molecular weight excluding hydrogens is 262 g/mol. The van der Waals surface area contributed by atoms with Crippen LogP contribution in [0.15, 0.2) is 48.5 Å². The van der Waals surface area contributed by atoms with Crippen LogP contribution in [0.25, 0.3) is 0 Å². The molecular formula is C18H19NO2. The van der Waals surface area contributed by atoms with Gasteiger partial charge in [-0.1, -0.05) is 36.4 Å². The number of carbonyl (C=O) groups is 1. The van der Waals surface area contributed by atoms with Gasteiger partial charge in [-0.15, -0.1) is 0 Å². The third-order valence-electron chi connectivity index (χ3n) is 4.10. The van der Waals surface area contributed by atoms with E-state index in [0.717, 1.165) is 24.3 Å². The van der Waals surface area contributed by atoms with Gasteiger partial charge in [0.05, 0.1) is 13.2 Å². The van der Waals surface area contributed by atoms with Crippen molar-refractivity contribution in [2.24, 2.45) is 0 Å². The Morgan fingerprint density at radius 3 is 2.62 bits per heavy atom. The molecule has 1 amide bonds. The molecule has 2 aromatic carbocycles. The molecule has 0 radical (unpaired) electrons. The van der Waals surface area contributed by atoms with Gasteiger partial charge in [-0.2, -0.15) is 0 Å². The van der Waals surface area contributed by atoms with E-state index >= 15 is 0 Å². The molecule has 3 rings (SSSR count). The van der Waals surface area contributed by atoms with Crippen molar-refractivity contribution in [1.29, 1.82) is 0 Å². The van der Waals surface area contributed by atoms with Gasteiger partial charge in [0.1, 0.15) is 5.75 Å². The zero-order chi connectivity index (χ0) is 14.8. The van der Waals surface area contributed by atoms with E-state index in [1.807, 2.05) is 29.2 Å². The monoisotopic (exact) mass is 281 g/mol. The molecule has 0 fully saturated rings. The summed E-state index contributed by atoms with van der Waals surface area (Å²) in [6, 6.07) is 16.3. The van der Waals surface area contributed by atoms with E-state index in [4.69, 9.17) is 4.74 Å². The Labute approximate surface area is 125 Å². The second-order valence-corrected chi connectivity index (χ2v) is 5.34. The van der Waals surface area contributed by atoms with Gasteiger partial charge < -0.3 is 9.64 Å². The lowest BCUT2D eigenvalue weighted by atomic mass is 9.88. The van der Waals surface area contributed by atoms with Crippen LogP contribution in [0.5, 0.6) is 5.75 Å². The minimum absolute atomic E-state index is 0.0254. The Kier molecular flexibility index (Phi) is 3.65. The van der Waals surface area contributed by atoms with Crippen LogP contribution in [0.2, 0.25) is 0 Å². The van der Waals surface area contributed by atoms with Gasteiger partial charge in [0, 0.05) is 13.5 Å². The zero-order valence-electron chi connectivity index (χ0n) is 12.4. The van der Waals surface area contributed by atoms with Gasteiger partial charge in [-0.05, 0) is 35.2 Å². The molecule has 1 aliphatic heterocycles. The number of fused-ring (bicyclic) bond motifs is 1. The predicted molar refractivity (Wildman–Crippen MR) is 82.4 cm³/mol. The average molecular weight is 281 g/mol. The van der Waals surface area contributed by atoms with Gasteiger partial charge >= 0.3 is 0 Å². The second kappa shape index (κ2) is 5.60. The third kappa shape index (κ3) is 2.51. The van der Waals surface area contributed by atoms with Gasteiger partial charge in [-0.25, -0.2) is 0 Å². The number of nitrogens with zero attached hydrogens (tertiary/aromatic N) is 1. The summed E-state index contributed by atoms with van der Waals surface area (Å²) >= 11 is 0. The average Bonchev–Trinajstić information content (AvgIpc) is 2.53. The largest absolute Gasteiger partial charge is 0.497 e. The Bertz CT molecular complexity index is 652. The fourth-order valence-electron chi connectivity index (χ4n) is 3.05. The number of benzene rings is 2. The van der Waals surface area contributed by atoms with Gasteiger partial charge in [0.2, 0.25) is 5.91 Å². The molecule has 3 nitrogen and oxygen atoms in total. The zero-order valence-corrected chi connectivity index (χ0v) is 12.4. The van der Waals surface area contributed by atoms with E-state index in [-0.39, 0.29) is 11.9 Å². The molecule has 1 atom stereocenters. The highest BCUT2D eigenvalue weighted by molar-refractivity contribution is 5.75. The van der Waals surface area contributed by atoms with Crippen LogP contribution < -0.4 is 4.74 Å². The molecule has 0 N–H and O–H groups in total. The molecule has 0 aromatic heterocycles. The van der Waals surface area contributed by atoms with Gasteiger partial charge in [-0.3, -0.25) is 4.79 Å². The Morgan fingerprint density at radius 2 is 1.95 bits per heavy atom. The van der Waals surface area contributed by atoms with Crippen LogP contribution in [-0.4, -0.2) is 24.5 Å². The van der Waals surface area contributed by atoms with E-state index < -0.39 is 0 Å². The normalized spacial score (nSPS) is 17.2. The molecule has 1 heterocycles. The molecule has 2 aromatic rings. The number of rotatable bonds is 2. The molecule has 0 bridgehead atoms. The summed E-state index contributed by atoms with van der Waals surface area (Å²) in [7, 11) is 1.67.